The van der Waals surface area contributed by atoms with Crippen molar-refractivity contribution in [1.29, 1.82) is 0 Å². The molecule has 0 aliphatic heterocycles. The zero-order valence-corrected chi connectivity index (χ0v) is 8.10. The summed E-state index contributed by atoms with van der Waals surface area (Å²) in [6.07, 6.45) is 3.15. The summed E-state index contributed by atoms with van der Waals surface area (Å²) >= 11 is 0. The van der Waals surface area contributed by atoms with Crippen LogP contribution in [0.3, 0.4) is 0 Å². The summed E-state index contributed by atoms with van der Waals surface area (Å²) in [5.74, 6) is 0. The minimum Gasteiger partial charge on any atom is -0.396 e. The smallest absolute Gasteiger partial charge is 0.0463 e. The molecule has 0 aromatic rings. The molecule has 0 saturated carbocycles. The van der Waals surface area contributed by atoms with Crippen molar-refractivity contribution < 1.29 is 9.84 Å². The van der Waals surface area contributed by atoms with Gasteiger partial charge >= 0.3 is 0 Å². The molecule has 0 amide bonds. The minimum absolute atomic E-state index is 0. The fourth-order valence-electron chi connectivity index (χ4n) is 0.391. The second-order valence-electron chi connectivity index (χ2n) is 2.34. The molecule has 0 radical (unpaired) electrons. The molecule has 1 N–H and O–H groups in total. The van der Waals surface area contributed by atoms with Crippen molar-refractivity contribution in [2.24, 2.45) is 0 Å². The van der Waals surface area contributed by atoms with Crippen LogP contribution in [0.25, 0.3) is 0 Å². The van der Waals surface area contributed by atoms with Crippen LogP contribution in [0.4, 0.5) is 0 Å². The van der Waals surface area contributed by atoms with Gasteiger partial charge in [0.2, 0.25) is 0 Å². The Bertz CT molecular complexity index is 41.4. The lowest BCUT2D eigenvalue weighted by molar-refractivity contribution is 0.135. The third-order valence-electron chi connectivity index (χ3n) is 0.921. The van der Waals surface area contributed by atoms with Gasteiger partial charge in [-0.1, -0.05) is 35.6 Å². The normalized spacial score (nSPS) is 7.38. The average Bonchev–Trinajstić information content (AvgIpc) is 2.06. The van der Waals surface area contributed by atoms with E-state index in [1.54, 1.807) is 0 Å². The molecule has 0 heterocycles. The fraction of sp³-hybridized carbons (Fsp3) is 1.00. The number of ether oxygens (including phenoxy) is 1. The Hall–Kier alpha value is -0.0800. The van der Waals surface area contributed by atoms with E-state index in [1.165, 1.54) is 0 Å². The van der Waals surface area contributed by atoms with Crippen LogP contribution in [0.15, 0.2) is 0 Å². The molecule has 0 atom stereocenters. The van der Waals surface area contributed by atoms with Gasteiger partial charge in [0, 0.05) is 19.8 Å². The Morgan fingerprint density at radius 3 is 1.31 bits per heavy atom. The van der Waals surface area contributed by atoms with Gasteiger partial charge in [-0.3, -0.25) is 0 Å². The highest BCUT2D eigenvalue weighted by atomic mass is 16.5. The molecule has 0 aromatic heterocycles. The lowest BCUT2D eigenvalue weighted by Crippen LogP contribution is -1.92. The predicted molar refractivity (Wildman–Crippen MR) is 62.2 cm³/mol. The molecule has 13 heavy (non-hydrogen) atoms. The average molecular weight is 194 g/mol. The van der Waals surface area contributed by atoms with Gasteiger partial charge in [-0.25, -0.2) is 0 Å². The van der Waals surface area contributed by atoms with E-state index in [2.05, 4.69) is 13.8 Å². The summed E-state index contributed by atoms with van der Waals surface area (Å²) in [6, 6.07) is 0. The van der Waals surface area contributed by atoms with E-state index in [9.17, 15) is 0 Å². The predicted octanol–water partition coefficient (Wildman–Crippen LogP) is 3.48. The van der Waals surface area contributed by atoms with E-state index in [0.717, 1.165) is 32.5 Å². The van der Waals surface area contributed by atoms with E-state index < -0.39 is 0 Å². The van der Waals surface area contributed by atoms with Gasteiger partial charge in [-0.2, -0.15) is 0 Å². The maximum Gasteiger partial charge on any atom is 0.0463 e. The number of aliphatic hydroxyl groups excluding tert-OH is 1. The maximum absolute atomic E-state index is 7.88. The van der Waals surface area contributed by atoms with Crippen LogP contribution < -0.4 is 0 Å². The van der Waals surface area contributed by atoms with Crippen molar-refractivity contribution in [3.05, 3.63) is 0 Å². The van der Waals surface area contributed by atoms with E-state index in [-0.39, 0.29) is 14.9 Å². The van der Waals surface area contributed by atoms with Gasteiger partial charge in [-0.15, -0.1) is 0 Å². The van der Waals surface area contributed by atoms with Crippen LogP contribution in [0.5, 0.6) is 0 Å². The van der Waals surface area contributed by atoms with E-state index in [1.807, 2.05) is 6.92 Å². The van der Waals surface area contributed by atoms with E-state index in [0.29, 0.717) is 6.61 Å². The number of aliphatic hydroxyl groups is 1. The molecule has 0 saturated heterocycles. The second-order valence-corrected chi connectivity index (χ2v) is 2.34. The molecule has 0 spiro atoms. The summed E-state index contributed by atoms with van der Waals surface area (Å²) in [4.78, 5) is 0. The Kier molecular flexibility index (Phi) is 52.7. The van der Waals surface area contributed by atoms with Crippen LogP contribution in [0, 0.1) is 0 Å². The number of hydrogen-bond donors (Lipinski definition) is 1. The van der Waals surface area contributed by atoms with Gasteiger partial charge in [0.25, 0.3) is 0 Å². The Labute approximate surface area is 85.3 Å². The fourth-order valence-corrected chi connectivity index (χ4v) is 0.391. The molecule has 0 bridgehead atoms. The second kappa shape index (κ2) is 29.7. The molecule has 2 nitrogen and oxygen atoms in total. The van der Waals surface area contributed by atoms with Crippen molar-refractivity contribution in [1.82, 2.24) is 0 Å². The first-order chi connectivity index (χ1) is 5.33. The topological polar surface area (TPSA) is 29.5 Å². The zero-order valence-electron chi connectivity index (χ0n) is 8.10. The molecular formula is C11H30O2. The van der Waals surface area contributed by atoms with Gasteiger partial charge in [-0.05, 0) is 19.3 Å². The van der Waals surface area contributed by atoms with Crippen LogP contribution in [0.2, 0.25) is 0 Å². The molecule has 2 heteroatoms. The molecule has 86 valence electrons. The number of hydrogen-bond acceptors (Lipinski definition) is 2. The summed E-state index contributed by atoms with van der Waals surface area (Å²) in [7, 11) is 0. The van der Waals surface area contributed by atoms with Gasteiger partial charge in [0.15, 0.2) is 0 Å². The summed E-state index contributed by atoms with van der Waals surface area (Å²) in [5, 5.41) is 7.88. The highest BCUT2D eigenvalue weighted by molar-refractivity contribution is 4.25. The van der Waals surface area contributed by atoms with Crippen molar-refractivity contribution in [2.75, 3.05) is 19.8 Å². The van der Waals surface area contributed by atoms with Crippen molar-refractivity contribution >= 4 is 0 Å². The van der Waals surface area contributed by atoms with E-state index >= 15 is 0 Å². The standard InChI is InChI=1S/C6H14O.C3H8O.2CH4/c1-3-5-7-6-4-2;1-2-3-4;;/h3-6H2,1-2H3;4H,2-3H2,1H3;2*1H4. The van der Waals surface area contributed by atoms with E-state index in [4.69, 9.17) is 9.84 Å². The van der Waals surface area contributed by atoms with Crippen molar-refractivity contribution in [3.63, 3.8) is 0 Å². The van der Waals surface area contributed by atoms with Crippen LogP contribution >= 0.6 is 0 Å². The zero-order chi connectivity index (χ0) is 8.95. The Balaban J connectivity index is -0.0000000600. The quantitative estimate of drug-likeness (QED) is 0.679. The first kappa shape index (κ1) is 23.1. The highest BCUT2D eigenvalue weighted by Crippen LogP contribution is 1.81. The third-order valence-corrected chi connectivity index (χ3v) is 0.921. The maximum atomic E-state index is 7.88. The third kappa shape index (κ3) is 48.5. The summed E-state index contributed by atoms with van der Waals surface area (Å²) in [5.41, 5.74) is 0. The Morgan fingerprint density at radius 2 is 1.15 bits per heavy atom. The lowest BCUT2D eigenvalue weighted by Gasteiger charge is -1.95. The van der Waals surface area contributed by atoms with Crippen LogP contribution in [0.1, 0.15) is 54.9 Å². The first-order valence-corrected chi connectivity index (χ1v) is 4.51. The minimum atomic E-state index is 0. The summed E-state index contributed by atoms with van der Waals surface area (Å²) < 4.78 is 5.13. The highest BCUT2D eigenvalue weighted by Gasteiger charge is 1.77. The first-order valence-electron chi connectivity index (χ1n) is 4.51. The van der Waals surface area contributed by atoms with Crippen LogP contribution in [-0.2, 0) is 4.74 Å². The molecule has 0 aliphatic carbocycles. The van der Waals surface area contributed by atoms with Gasteiger partial charge in [0.1, 0.15) is 0 Å². The summed E-state index contributed by atoms with van der Waals surface area (Å²) in [6.45, 7) is 8.34. The van der Waals surface area contributed by atoms with Crippen LogP contribution in [-0.4, -0.2) is 24.9 Å². The van der Waals surface area contributed by atoms with Gasteiger partial charge in [0.05, 0.1) is 0 Å². The number of rotatable bonds is 5. The molecule has 0 aliphatic rings. The van der Waals surface area contributed by atoms with Crippen molar-refractivity contribution in [3.8, 4) is 0 Å². The molecule has 0 aromatic carbocycles. The monoisotopic (exact) mass is 194 g/mol. The molecule has 0 rings (SSSR count). The molecule has 0 fully saturated rings. The molecular weight excluding hydrogens is 164 g/mol. The van der Waals surface area contributed by atoms with Gasteiger partial charge < -0.3 is 9.84 Å². The van der Waals surface area contributed by atoms with Crippen molar-refractivity contribution in [2.45, 2.75) is 54.9 Å². The Morgan fingerprint density at radius 1 is 0.846 bits per heavy atom. The lowest BCUT2D eigenvalue weighted by atomic mass is 10.5. The molecule has 0 unspecified atom stereocenters. The largest absolute Gasteiger partial charge is 0.396 e. The SMILES string of the molecule is C.C.CCCO.CCCOCCC.